The lowest BCUT2D eigenvalue weighted by Gasteiger charge is -2.26. The first-order valence-electron chi connectivity index (χ1n) is 8.22. The Bertz CT molecular complexity index is 874. The van der Waals surface area contributed by atoms with Crippen LogP contribution in [0.15, 0.2) is 41.3 Å². The Morgan fingerprint density at radius 3 is 2.54 bits per heavy atom. The predicted molar refractivity (Wildman–Crippen MR) is 96.4 cm³/mol. The second-order valence-electron chi connectivity index (χ2n) is 6.30. The van der Waals surface area contributed by atoms with E-state index in [9.17, 15) is 8.42 Å². The number of fused-ring (bicyclic) bond motifs is 1. The standard InChI is InChI=1S/C19H23NO3S/c1-5-23-18-10-13(2)14(3)11-19(18)24(21,22)20-15(4)12-16-8-6-7-9-17(16)20/h6-11,15H,5,12H2,1-4H3. The fourth-order valence-electron chi connectivity index (χ4n) is 3.24. The number of hydrogen-bond donors (Lipinski definition) is 0. The molecule has 5 heteroatoms. The van der Waals surface area contributed by atoms with E-state index in [2.05, 4.69) is 0 Å². The van der Waals surface area contributed by atoms with Crippen molar-refractivity contribution in [1.82, 2.24) is 0 Å². The number of aryl methyl sites for hydroxylation is 2. The monoisotopic (exact) mass is 345 g/mol. The van der Waals surface area contributed by atoms with Crippen molar-refractivity contribution in [2.75, 3.05) is 10.9 Å². The molecule has 0 radical (unpaired) electrons. The Hall–Kier alpha value is -2.01. The quantitative estimate of drug-likeness (QED) is 0.846. The molecule has 1 heterocycles. The minimum absolute atomic E-state index is 0.108. The minimum Gasteiger partial charge on any atom is -0.492 e. The topological polar surface area (TPSA) is 46.6 Å². The van der Waals surface area contributed by atoms with Crippen LogP contribution in [-0.2, 0) is 16.4 Å². The molecule has 0 spiro atoms. The van der Waals surface area contributed by atoms with Crippen molar-refractivity contribution in [3.8, 4) is 5.75 Å². The second-order valence-corrected chi connectivity index (χ2v) is 8.08. The van der Waals surface area contributed by atoms with Crippen LogP contribution in [0.25, 0.3) is 0 Å². The molecule has 0 aromatic heterocycles. The van der Waals surface area contributed by atoms with Gasteiger partial charge in [0.1, 0.15) is 10.6 Å². The van der Waals surface area contributed by atoms with Crippen LogP contribution < -0.4 is 9.04 Å². The predicted octanol–water partition coefficient (Wildman–Crippen LogP) is 3.84. The number of hydrogen-bond acceptors (Lipinski definition) is 3. The molecule has 0 amide bonds. The van der Waals surface area contributed by atoms with Crippen LogP contribution in [-0.4, -0.2) is 21.1 Å². The Kier molecular flexibility index (Phi) is 4.30. The van der Waals surface area contributed by atoms with Crippen LogP contribution in [0.1, 0.15) is 30.5 Å². The number of sulfonamides is 1. The molecule has 0 aliphatic carbocycles. The van der Waals surface area contributed by atoms with Gasteiger partial charge in [-0.1, -0.05) is 18.2 Å². The summed E-state index contributed by atoms with van der Waals surface area (Å²) < 4.78 is 34.0. The molecule has 0 bridgehead atoms. The third kappa shape index (κ3) is 2.67. The number of para-hydroxylation sites is 1. The molecule has 0 fully saturated rings. The van der Waals surface area contributed by atoms with Crippen molar-refractivity contribution in [3.05, 3.63) is 53.1 Å². The fourth-order valence-corrected chi connectivity index (χ4v) is 5.14. The van der Waals surface area contributed by atoms with Gasteiger partial charge in [0, 0.05) is 6.04 Å². The molecular formula is C19H23NO3S. The van der Waals surface area contributed by atoms with E-state index in [-0.39, 0.29) is 10.9 Å². The highest BCUT2D eigenvalue weighted by Gasteiger charge is 2.37. The molecule has 1 atom stereocenters. The SMILES string of the molecule is CCOc1cc(C)c(C)cc1S(=O)(=O)N1c2ccccc2CC1C. The van der Waals surface area contributed by atoms with Crippen molar-refractivity contribution in [1.29, 1.82) is 0 Å². The van der Waals surface area contributed by atoms with Crippen LogP contribution in [0.5, 0.6) is 5.75 Å². The van der Waals surface area contributed by atoms with Crippen LogP contribution in [0.4, 0.5) is 5.69 Å². The van der Waals surface area contributed by atoms with E-state index >= 15 is 0 Å². The lowest BCUT2D eigenvalue weighted by molar-refractivity contribution is 0.330. The molecule has 3 rings (SSSR count). The Labute approximate surface area is 144 Å². The van der Waals surface area contributed by atoms with Gasteiger partial charge in [-0.2, -0.15) is 0 Å². The molecule has 4 nitrogen and oxygen atoms in total. The number of ether oxygens (including phenoxy) is 1. The first-order valence-corrected chi connectivity index (χ1v) is 9.66. The van der Waals surface area contributed by atoms with Gasteiger partial charge in [-0.3, -0.25) is 4.31 Å². The van der Waals surface area contributed by atoms with Gasteiger partial charge < -0.3 is 4.74 Å². The molecule has 0 saturated heterocycles. The normalized spacial score (nSPS) is 17.0. The average molecular weight is 345 g/mol. The summed E-state index contributed by atoms with van der Waals surface area (Å²) in [5.41, 5.74) is 3.80. The van der Waals surface area contributed by atoms with Crippen molar-refractivity contribution < 1.29 is 13.2 Å². The van der Waals surface area contributed by atoms with Gasteiger partial charge >= 0.3 is 0 Å². The smallest absolute Gasteiger partial charge is 0.268 e. The molecule has 128 valence electrons. The van der Waals surface area contributed by atoms with E-state index in [0.29, 0.717) is 12.4 Å². The molecule has 1 aliphatic heterocycles. The fraction of sp³-hybridized carbons (Fsp3) is 0.368. The summed E-state index contributed by atoms with van der Waals surface area (Å²) in [5.74, 6) is 0.428. The minimum atomic E-state index is -3.69. The molecule has 1 unspecified atom stereocenters. The third-order valence-corrected chi connectivity index (χ3v) is 6.49. The first kappa shape index (κ1) is 16.8. The zero-order valence-corrected chi connectivity index (χ0v) is 15.4. The van der Waals surface area contributed by atoms with Gasteiger partial charge in [0.2, 0.25) is 0 Å². The summed E-state index contributed by atoms with van der Waals surface area (Å²) in [7, 11) is -3.69. The van der Waals surface area contributed by atoms with E-state index in [1.54, 1.807) is 6.07 Å². The summed E-state index contributed by atoms with van der Waals surface area (Å²) in [6, 6.07) is 11.1. The maximum absolute atomic E-state index is 13.4. The number of rotatable bonds is 4. The van der Waals surface area contributed by atoms with Gasteiger partial charge in [0.15, 0.2) is 0 Å². The number of nitrogens with zero attached hydrogens (tertiary/aromatic N) is 1. The van der Waals surface area contributed by atoms with E-state index in [1.165, 1.54) is 4.31 Å². The molecule has 2 aromatic rings. The summed E-state index contributed by atoms with van der Waals surface area (Å²) in [4.78, 5) is 0.246. The van der Waals surface area contributed by atoms with E-state index in [4.69, 9.17) is 4.74 Å². The molecule has 2 aromatic carbocycles. The maximum Gasteiger partial charge on any atom is 0.268 e. The second kappa shape index (κ2) is 6.13. The Morgan fingerprint density at radius 1 is 1.17 bits per heavy atom. The lowest BCUT2D eigenvalue weighted by Crippen LogP contribution is -2.36. The van der Waals surface area contributed by atoms with Crippen LogP contribution in [0.2, 0.25) is 0 Å². The zero-order chi connectivity index (χ0) is 17.5. The lowest BCUT2D eigenvalue weighted by atomic mass is 10.1. The van der Waals surface area contributed by atoms with E-state index in [0.717, 1.165) is 28.8 Å². The van der Waals surface area contributed by atoms with Gasteiger partial charge in [0.25, 0.3) is 10.0 Å². The molecule has 0 saturated carbocycles. The first-order chi connectivity index (χ1) is 11.4. The molecular weight excluding hydrogens is 322 g/mol. The highest BCUT2D eigenvalue weighted by Crippen LogP contribution is 2.39. The van der Waals surface area contributed by atoms with Crippen LogP contribution in [0.3, 0.4) is 0 Å². The summed E-state index contributed by atoms with van der Waals surface area (Å²) in [6.45, 7) is 8.11. The van der Waals surface area contributed by atoms with Crippen LogP contribution in [0, 0.1) is 13.8 Å². The van der Waals surface area contributed by atoms with Crippen molar-refractivity contribution in [2.45, 2.75) is 45.1 Å². The number of anilines is 1. The highest BCUT2D eigenvalue weighted by molar-refractivity contribution is 7.93. The Morgan fingerprint density at radius 2 is 1.83 bits per heavy atom. The van der Waals surface area contributed by atoms with Crippen molar-refractivity contribution >= 4 is 15.7 Å². The molecule has 24 heavy (non-hydrogen) atoms. The molecule has 1 aliphatic rings. The van der Waals surface area contributed by atoms with E-state index in [1.807, 2.05) is 58.0 Å². The van der Waals surface area contributed by atoms with E-state index < -0.39 is 10.0 Å². The summed E-state index contributed by atoms with van der Waals surface area (Å²) in [6.07, 6.45) is 0.726. The highest BCUT2D eigenvalue weighted by atomic mass is 32.2. The van der Waals surface area contributed by atoms with Gasteiger partial charge in [-0.25, -0.2) is 8.42 Å². The van der Waals surface area contributed by atoms with Gasteiger partial charge in [-0.05, 0) is 69.0 Å². The van der Waals surface area contributed by atoms with Crippen molar-refractivity contribution in [3.63, 3.8) is 0 Å². The Balaban J connectivity index is 2.17. The van der Waals surface area contributed by atoms with Gasteiger partial charge in [-0.15, -0.1) is 0 Å². The van der Waals surface area contributed by atoms with Crippen molar-refractivity contribution in [2.24, 2.45) is 0 Å². The third-order valence-electron chi connectivity index (χ3n) is 4.54. The summed E-state index contributed by atoms with van der Waals surface area (Å²) >= 11 is 0. The van der Waals surface area contributed by atoms with Crippen LogP contribution >= 0.6 is 0 Å². The zero-order valence-electron chi connectivity index (χ0n) is 14.5. The molecule has 0 N–H and O–H groups in total. The summed E-state index contributed by atoms with van der Waals surface area (Å²) in [5, 5.41) is 0. The number of benzene rings is 2. The average Bonchev–Trinajstić information content (AvgIpc) is 2.87. The van der Waals surface area contributed by atoms with Gasteiger partial charge in [0.05, 0.1) is 12.3 Å². The largest absolute Gasteiger partial charge is 0.492 e. The maximum atomic E-state index is 13.4.